The molecule has 1 atom stereocenters. The van der Waals surface area contributed by atoms with Gasteiger partial charge in [-0.3, -0.25) is 9.59 Å². The molecule has 0 fully saturated rings. The summed E-state index contributed by atoms with van der Waals surface area (Å²) in [4.78, 5) is 24.0. The molecule has 1 aromatic heterocycles. The van der Waals surface area contributed by atoms with E-state index in [0.29, 0.717) is 36.7 Å². The first kappa shape index (κ1) is 16.7. The number of hydrogen-bond acceptors (Lipinski definition) is 4. The molecule has 0 bridgehead atoms. The lowest BCUT2D eigenvalue weighted by atomic mass is 10.0. The molecule has 6 heteroatoms. The van der Waals surface area contributed by atoms with Crippen molar-refractivity contribution in [3.63, 3.8) is 0 Å². The predicted octanol–water partition coefficient (Wildman–Crippen LogP) is 1.36. The molecule has 0 saturated carbocycles. The molecule has 2 amide bonds. The standard InChI is InChI=1S/C14H23N3O2S/c1-10(2)9-11(15)13(18)16-6-4-7-17-14(19)12-5-3-8-20-12/h3,5,8,10-11H,4,6-7,9,15H2,1-2H3,(H,16,18)(H,17,19)/t11-/m0/s1. The first-order chi connectivity index (χ1) is 9.50. The number of nitrogens with one attached hydrogen (secondary N) is 2. The molecule has 1 aromatic rings. The van der Waals surface area contributed by atoms with Gasteiger partial charge in [0.15, 0.2) is 0 Å². The van der Waals surface area contributed by atoms with Crippen LogP contribution in [0.25, 0.3) is 0 Å². The molecule has 0 aromatic carbocycles. The van der Waals surface area contributed by atoms with E-state index >= 15 is 0 Å². The van der Waals surface area contributed by atoms with Crippen molar-refractivity contribution < 1.29 is 9.59 Å². The van der Waals surface area contributed by atoms with Crippen LogP contribution in [-0.4, -0.2) is 30.9 Å². The van der Waals surface area contributed by atoms with Crippen LogP contribution in [0.2, 0.25) is 0 Å². The van der Waals surface area contributed by atoms with Crippen molar-refractivity contribution >= 4 is 23.2 Å². The Kier molecular flexibility index (Phi) is 7.25. The molecule has 5 nitrogen and oxygen atoms in total. The van der Waals surface area contributed by atoms with E-state index in [9.17, 15) is 9.59 Å². The van der Waals surface area contributed by atoms with Crippen molar-refractivity contribution in [2.75, 3.05) is 13.1 Å². The molecule has 1 heterocycles. The lowest BCUT2D eigenvalue weighted by Gasteiger charge is -2.14. The summed E-state index contributed by atoms with van der Waals surface area (Å²) in [6, 6.07) is 3.18. The van der Waals surface area contributed by atoms with Crippen LogP contribution < -0.4 is 16.4 Å². The van der Waals surface area contributed by atoms with E-state index < -0.39 is 6.04 Å². The first-order valence-corrected chi connectivity index (χ1v) is 7.73. The summed E-state index contributed by atoms with van der Waals surface area (Å²) in [5.74, 6) is 0.215. The van der Waals surface area contributed by atoms with Crippen LogP contribution in [0.3, 0.4) is 0 Å². The van der Waals surface area contributed by atoms with Crippen LogP contribution >= 0.6 is 11.3 Å². The van der Waals surface area contributed by atoms with Crippen LogP contribution in [0.1, 0.15) is 36.4 Å². The highest BCUT2D eigenvalue weighted by atomic mass is 32.1. The van der Waals surface area contributed by atoms with Gasteiger partial charge in [0.1, 0.15) is 0 Å². The Morgan fingerprint density at radius 3 is 2.60 bits per heavy atom. The van der Waals surface area contributed by atoms with Gasteiger partial charge < -0.3 is 16.4 Å². The van der Waals surface area contributed by atoms with Crippen molar-refractivity contribution in [2.45, 2.75) is 32.7 Å². The molecule has 0 aliphatic heterocycles. The number of hydrogen-bond donors (Lipinski definition) is 3. The maximum Gasteiger partial charge on any atom is 0.261 e. The molecule has 0 unspecified atom stereocenters. The summed E-state index contributed by atoms with van der Waals surface area (Å²) < 4.78 is 0. The van der Waals surface area contributed by atoms with Crippen molar-refractivity contribution in [1.82, 2.24) is 10.6 Å². The lowest BCUT2D eigenvalue weighted by molar-refractivity contribution is -0.122. The highest BCUT2D eigenvalue weighted by Crippen LogP contribution is 2.07. The van der Waals surface area contributed by atoms with Gasteiger partial charge >= 0.3 is 0 Å². The molecule has 1 rings (SSSR count). The summed E-state index contributed by atoms with van der Waals surface area (Å²) >= 11 is 1.41. The number of rotatable bonds is 8. The van der Waals surface area contributed by atoms with E-state index in [1.54, 1.807) is 6.07 Å². The smallest absolute Gasteiger partial charge is 0.261 e. The molecule has 0 aliphatic rings. The van der Waals surface area contributed by atoms with Crippen LogP contribution in [-0.2, 0) is 4.79 Å². The van der Waals surface area contributed by atoms with Crippen molar-refractivity contribution in [3.05, 3.63) is 22.4 Å². The van der Waals surface area contributed by atoms with Crippen LogP contribution in [0.15, 0.2) is 17.5 Å². The minimum atomic E-state index is -0.448. The van der Waals surface area contributed by atoms with Crippen molar-refractivity contribution in [3.8, 4) is 0 Å². The summed E-state index contributed by atoms with van der Waals surface area (Å²) in [5, 5.41) is 7.46. The summed E-state index contributed by atoms with van der Waals surface area (Å²) in [6.07, 6.45) is 1.37. The Labute approximate surface area is 123 Å². The number of nitrogens with two attached hydrogens (primary N) is 1. The molecule has 0 spiro atoms. The highest BCUT2D eigenvalue weighted by molar-refractivity contribution is 7.12. The van der Waals surface area contributed by atoms with E-state index in [-0.39, 0.29) is 11.8 Å². The average molecular weight is 297 g/mol. The maximum atomic E-state index is 11.6. The highest BCUT2D eigenvalue weighted by Gasteiger charge is 2.14. The maximum absolute atomic E-state index is 11.6. The fraction of sp³-hybridized carbons (Fsp3) is 0.571. The fourth-order valence-corrected chi connectivity index (χ4v) is 2.38. The van der Waals surface area contributed by atoms with E-state index in [2.05, 4.69) is 10.6 Å². The van der Waals surface area contributed by atoms with Gasteiger partial charge in [0, 0.05) is 13.1 Å². The molecule has 4 N–H and O–H groups in total. The third kappa shape index (κ3) is 6.16. The third-order valence-corrected chi connectivity index (χ3v) is 3.61. The molecular weight excluding hydrogens is 274 g/mol. The number of carbonyl (C=O) groups is 2. The number of carbonyl (C=O) groups excluding carboxylic acids is 2. The Hall–Kier alpha value is -1.40. The monoisotopic (exact) mass is 297 g/mol. The van der Waals surface area contributed by atoms with Gasteiger partial charge in [-0.25, -0.2) is 0 Å². The second-order valence-electron chi connectivity index (χ2n) is 5.11. The SMILES string of the molecule is CC(C)C[C@H](N)C(=O)NCCCNC(=O)c1cccs1. The predicted molar refractivity (Wildman–Crippen MR) is 81.7 cm³/mol. The second-order valence-corrected chi connectivity index (χ2v) is 6.06. The van der Waals surface area contributed by atoms with Gasteiger partial charge in [-0.1, -0.05) is 19.9 Å². The zero-order valence-corrected chi connectivity index (χ0v) is 12.8. The topological polar surface area (TPSA) is 84.2 Å². The van der Waals surface area contributed by atoms with E-state index in [1.165, 1.54) is 11.3 Å². The largest absolute Gasteiger partial charge is 0.355 e. The van der Waals surface area contributed by atoms with Crippen molar-refractivity contribution in [2.24, 2.45) is 11.7 Å². The van der Waals surface area contributed by atoms with Gasteiger partial charge in [-0.15, -0.1) is 11.3 Å². The van der Waals surface area contributed by atoms with Gasteiger partial charge in [-0.05, 0) is 30.2 Å². The lowest BCUT2D eigenvalue weighted by Crippen LogP contribution is -2.42. The Bertz CT molecular complexity index is 418. The third-order valence-electron chi connectivity index (χ3n) is 2.75. The second kappa shape index (κ2) is 8.71. The van der Waals surface area contributed by atoms with Gasteiger partial charge in [0.2, 0.25) is 5.91 Å². The van der Waals surface area contributed by atoms with Gasteiger partial charge in [0.25, 0.3) is 5.91 Å². The normalized spacial score (nSPS) is 12.2. The minimum Gasteiger partial charge on any atom is -0.355 e. The van der Waals surface area contributed by atoms with Gasteiger partial charge in [0.05, 0.1) is 10.9 Å². The van der Waals surface area contributed by atoms with E-state index in [0.717, 1.165) is 0 Å². The first-order valence-electron chi connectivity index (χ1n) is 6.85. The zero-order chi connectivity index (χ0) is 15.0. The zero-order valence-electron chi connectivity index (χ0n) is 12.0. The molecule has 0 aliphatic carbocycles. The van der Waals surface area contributed by atoms with Gasteiger partial charge in [-0.2, -0.15) is 0 Å². The van der Waals surface area contributed by atoms with E-state index in [1.807, 2.05) is 25.3 Å². The van der Waals surface area contributed by atoms with Crippen LogP contribution in [0.5, 0.6) is 0 Å². The Balaban J connectivity index is 2.10. The summed E-state index contributed by atoms with van der Waals surface area (Å²) in [6.45, 7) is 5.13. The van der Waals surface area contributed by atoms with Crippen LogP contribution in [0, 0.1) is 5.92 Å². The summed E-state index contributed by atoms with van der Waals surface area (Å²) in [7, 11) is 0. The number of amides is 2. The Morgan fingerprint density at radius 2 is 2.00 bits per heavy atom. The number of thiophene rings is 1. The quantitative estimate of drug-likeness (QED) is 0.633. The van der Waals surface area contributed by atoms with Crippen molar-refractivity contribution in [1.29, 1.82) is 0 Å². The molecule has 112 valence electrons. The molecule has 20 heavy (non-hydrogen) atoms. The van der Waals surface area contributed by atoms with E-state index in [4.69, 9.17) is 5.73 Å². The minimum absolute atomic E-state index is 0.0668. The molecular formula is C14H23N3O2S. The average Bonchev–Trinajstić information content (AvgIpc) is 2.90. The molecule has 0 radical (unpaired) electrons. The van der Waals surface area contributed by atoms with Crippen LogP contribution in [0.4, 0.5) is 0 Å². The summed E-state index contributed by atoms with van der Waals surface area (Å²) in [5.41, 5.74) is 5.76. The molecule has 0 saturated heterocycles. The fourth-order valence-electron chi connectivity index (χ4n) is 1.74. The Morgan fingerprint density at radius 1 is 1.30 bits per heavy atom.